The molecule has 0 heterocycles. The average Bonchev–Trinajstić information content (AvgIpc) is 2.14. The van der Waals surface area contributed by atoms with Crippen molar-refractivity contribution in [3.63, 3.8) is 0 Å². The molecule has 1 aromatic rings. The summed E-state index contributed by atoms with van der Waals surface area (Å²) >= 11 is 0. The van der Waals surface area contributed by atoms with Crippen LogP contribution in [-0.2, 0) is 0 Å². The molecule has 0 radical (unpaired) electrons. The van der Waals surface area contributed by atoms with Gasteiger partial charge in [0.05, 0.1) is 0 Å². The quantitative estimate of drug-likeness (QED) is 0.819. The Balaban J connectivity index is 2.62. The Morgan fingerprint density at radius 3 is 2.50 bits per heavy atom. The number of aliphatic hydroxyl groups excluding tert-OH is 1. The second-order valence-corrected chi connectivity index (χ2v) is 3.30. The van der Waals surface area contributed by atoms with E-state index in [-0.39, 0.29) is 5.75 Å². The standard InChI is InChI=1S/C10H10F4O2/c1-6-2-3-8(7(11)4-6)16-5-9(15)10(12,13)14/h2-4,9,15H,5H2,1H3. The van der Waals surface area contributed by atoms with E-state index >= 15 is 0 Å². The van der Waals surface area contributed by atoms with Crippen molar-refractivity contribution in [1.29, 1.82) is 0 Å². The van der Waals surface area contributed by atoms with Crippen molar-refractivity contribution in [1.82, 2.24) is 0 Å². The number of hydrogen-bond acceptors (Lipinski definition) is 2. The Morgan fingerprint density at radius 1 is 1.38 bits per heavy atom. The van der Waals surface area contributed by atoms with Crippen molar-refractivity contribution >= 4 is 0 Å². The Morgan fingerprint density at radius 2 is 2.00 bits per heavy atom. The predicted molar refractivity (Wildman–Crippen MR) is 48.7 cm³/mol. The molecule has 2 nitrogen and oxygen atoms in total. The molecule has 0 aliphatic heterocycles. The van der Waals surface area contributed by atoms with E-state index in [9.17, 15) is 17.6 Å². The third-order valence-corrected chi connectivity index (χ3v) is 1.86. The number of aliphatic hydroxyl groups is 1. The van der Waals surface area contributed by atoms with Gasteiger partial charge in [-0.05, 0) is 24.6 Å². The van der Waals surface area contributed by atoms with Gasteiger partial charge in [0.1, 0.15) is 6.61 Å². The smallest absolute Gasteiger partial charge is 0.417 e. The van der Waals surface area contributed by atoms with E-state index in [0.29, 0.717) is 5.56 Å². The number of hydrogen-bond donors (Lipinski definition) is 1. The number of alkyl halides is 3. The van der Waals surface area contributed by atoms with Gasteiger partial charge in [0.15, 0.2) is 17.7 Å². The first kappa shape index (κ1) is 12.8. The van der Waals surface area contributed by atoms with Crippen LogP contribution in [0.3, 0.4) is 0 Å². The van der Waals surface area contributed by atoms with Crippen LogP contribution in [0.5, 0.6) is 5.75 Å². The Bertz CT molecular complexity index is 362. The minimum atomic E-state index is -4.76. The van der Waals surface area contributed by atoms with Gasteiger partial charge in [0.2, 0.25) is 0 Å². The summed E-state index contributed by atoms with van der Waals surface area (Å²) in [5, 5.41) is 8.62. The lowest BCUT2D eigenvalue weighted by Gasteiger charge is -2.15. The maximum Gasteiger partial charge on any atom is 0.417 e. The second-order valence-electron chi connectivity index (χ2n) is 3.30. The number of benzene rings is 1. The summed E-state index contributed by atoms with van der Waals surface area (Å²) in [6.45, 7) is 0.612. The largest absolute Gasteiger partial charge is 0.487 e. The van der Waals surface area contributed by atoms with Crippen LogP contribution < -0.4 is 4.74 Å². The number of rotatable bonds is 3. The molecule has 0 bridgehead atoms. The van der Waals surface area contributed by atoms with Crippen LogP contribution >= 0.6 is 0 Å². The second kappa shape index (κ2) is 4.69. The molecule has 16 heavy (non-hydrogen) atoms. The SMILES string of the molecule is Cc1ccc(OCC(O)C(F)(F)F)c(F)c1. The monoisotopic (exact) mass is 238 g/mol. The molecule has 0 amide bonds. The van der Waals surface area contributed by atoms with Crippen LogP contribution in [0, 0.1) is 12.7 Å². The molecule has 1 atom stereocenters. The molecular formula is C10H10F4O2. The molecule has 1 unspecified atom stereocenters. The highest BCUT2D eigenvalue weighted by Crippen LogP contribution is 2.22. The highest BCUT2D eigenvalue weighted by molar-refractivity contribution is 5.28. The first-order valence-corrected chi connectivity index (χ1v) is 4.44. The lowest BCUT2D eigenvalue weighted by molar-refractivity contribution is -0.210. The van der Waals surface area contributed by atoms with Crippen molar-refractivity contribution < 1.29 is 27.4 Å². The zero-order chi connectivity index (χ0) is 12.3. The summed E-state index contributed by atoms with van der Waals surface area (Å²) in [5.41, 5.74) is 0.626. The van der Waals surface area contributed by atoms with Crippen LogP contribution in [0.1, 0.15) is 5.56 Å². The van der Waals surface area contributed by atoms with Gasteiger partial charge < -0.3 is 9.84 Å². The topological polar surface area (TPSA) is 29.5 Å². The number of ether oxygens (including phenoxy) is 1. The summed E-state index contributed by atoms with van der Waals surface area (Å²) in [6, 6.07) is 3.85. The summed E-state index contributed by atoms with van der Waals surface area (Å²) in [7, 11) is 0. The maximum atomic E-state index is 13.1. The number of aryl methyl sites for hydroxylation is 1. The summed E-state index contributed by atoms with van der Waals surface area (Å²) in [5.74, 6) is -1.07. The molecule has 0 saturated heterocycles. The fraction of sp³-hybridized carbons (Fsp3) is 0.400. The van der Waals surface area contributed by atoms with Crippen LogP contribution in [0.25, 0.3) is 0 Å². The molecule has 0 aliphatic rings. The predicted octanol–water partition coefficient (Wildman–Crippen LogP) is 2.44. The minimum absolute atomic E-state index is 0.311. The first-order chi connectivity index (χ1) is 7.30. The molecule has 1 aromatic carbocycles. The summed E-state index contributed by atoms with van der Waals surface area (Å²) in [4.78, 5) is 0. The van der Waals surface area contributed by atoms with Gasteiger partial charge >= 0.3 is 6.18 Å². The van der Waals surface area contributed by atoms with Crippen molar-refractivity contribution in [3.05, 3.63) is 29.6 Å². The van der Waals surface area contributed by atoms with E-state index in [1.54, 1.807) is 6.92 Å². The van der Waals surface area contributed by atoms with Gasteiger partial charge in [-0.25, -0.2) is 4.39 Å². The zero-order valence-corrected chi connectivity index (χ0v) is 8.38. The van der Waals surface area contributed by atoms with Gasteiger partial charge in [-0.1, -0.05) is 6.07 Å². The van der Waals surface area contributed by atoms with Gasteiger partial charge in [0.25, 0.3) is 0 Å². The van der Waals surface area contributed by atoms with E-state index in [2.05, 4.69) is 4.74 Å². The molecule has 90 valence electrons. The molecule has 0 spiro atoms. The third-order valence-electron chi connectivity index (χ3n) is 1.86. The van der Waals surface area contributed by atoms with E-state index in [0.717, 1.165) is 6.07 Å². The third kappa shape index (κ3) is 3.37. The molecule has 0 fully saturated rings. The lowest BCUT2D eigenvalue weighted by Crippen LogP contribution is -2.34. The number of halogens is 4. The fourth-order valence-corrected chi connectivity index (χ4v) is 0.986. The average molecular weight is 238 g/mol. The Kier molecular flexibility index (Phi) is 3.74. The first-order valence-electron chi connectivity index (χ1n) is 4.44. The molecule has 0 saturated carbocycles. The van der Waals surface area contributed by atoms with Crippen molar-refractivity contribution in [2.24, 2.45) is 0 Å². The van der Waals surface area contributed by atoms with Crippen LogP contribution in [0.4, 0.5) is 17.6 Å². The van der Waals surface area contributed by atoms with Crippen LogP contribution in [0.2, 0.25) is 0 Å². The van der Waals surface area contributed by atoms with E-state index < -0.39 is 24.7 Å². The van der Waals surface area contributed by atoms with Gasteiger partial charge in [-0.3, -0.25) is 0 Å². The van der Waals surface area contributed by atoms with E-state index in [1.165, 1.54) is 12.1 Å². The van der Waals surface area contributed by atoms with Gasteiger partial charge in [-0.15, -0.1) is 0 Å². The highest BCUT2D eigenvalue weighted by Gasteiger charge is 2.38. The molecule has 1 N–H and O–H groups in total. The Hall–Kier alpha value is -1.30. The van der Waals surface area contributed by atoms with Crippen molar-refractivity contribution in [2.75, 3.05) is 6.61 Å². The minimum Gasteiger partial charge on any atom is -0.487 e. The van der Waals surface area contributed by atoms with Crippen LogP contribution in [0.15, 0.2) is 18.2 Å². The summed E-state index contributed by atoms with van der Waals surface area (Å²) < 4.78 is 53.3. The van der Waals surface area contributed by atoms with Gasteiger partial charge in [-0.2, -0.15) is 13.2 Å². The van der Waals surface area contributed by atoms with Crippen LogP contribution in [-0.4, -0.2) is 24.0 Å². The van der Waals surface area contributed by atoms with Gasteiger partial charge in [0, 0.05) is 0 Å². The summed E-state index contributed by atoms with van der Waals surface area (Å²) in [6.07, 6.45) is -7.38. The molecule has 6 heteroatoms. The molecule has 0 aromatic heterocycles. The van der Waals surface area contributed by atoms with Crippen molar-refractivity contribution in [2.45, 2.75) is 19.2 Å². The fourth-order valence-electron chi connectivity index (χ4n) is 0.986. The van der Waals surface area contributed by atoms with Crippen molar-refractivity contribution in [3.8, 4) is 5.75 Å². The molecule has 1 rings (SSSR count). The molecular weight excluding hydrogens is 228 g/mol. The Labute approximate surface area is 89.5 Å². The lowest BCUT2D eigenvalue weighted by atomic mass is 10.2. The zero-order valence-electron chi connectivity index (χ0n) is 8.38. The van der Waals surface area contributed by atoms with E-state index in [4.69, 9.17) is 5.11 Å². The highest BCUT2D eigenvalue weighted by atomic mass is 19.4. The molecule has 0 aliphatic carbocycles. The normalized spacial score (nSPS) is 13.6. The van der Waals surface area contributed by atoms with E-state index in [1.807, 2.05) is 0 Å². The maximum absolute atomic E-state index is 13.1.